The number of aromatic nitrogens is 2. The number of phenols is 1. The molecule has 1 N–H and O–H groups in total. The van der Waals surface area contributed by atoms with Gasteiger partial charge in [-0.05, 0) is 61.5 Å². The van der Waals surface area contributed by atoms with Gasteiger partial charge in [-0.2, -0.15) is 0 Å². The predicted molar refractivity (Wildman–Crippen MR) is 136 cm³/mol. The molecule has 2 aromatic carbocycles. The van der Waals surface area contributed by atoms with E-state index in [0.29, 0.717) is 41.0 Å². The summed E-state index contributed by atoms with van der Waals surface area (Å²) in [5, 5.41) is 9.99. The Labute approximate surface area is 207 Å². The highest BCUT2D eigenvalue weighted by Gasteiger charge is 2.15. The number of pyridine rings is 1. The zero-order valence-electron chi connectivity index (χ0n) is 19.7. The quantitative estimate of drug-likeness (QED) is 0.229. The van der Waals surface area contributed by atoms with Gasteiger partial charge in [-0.1, -0.05) is 18.2 Å². The number of methoxy groups -OCH3 is 1. The van der Waals surface area contributed by atoms with E-state index in [1.54, 1.807) is 43.5 Å². The van der Waals surface area contributed by atoms with Crippen LogP contribution in [0.5, 0.6) is 11.5 Å². The van der Waals surface area contributed by atoms with Gasteiger partial charge in [0.05, 0.1) is 25.5 Å². The van der Waals surface area contributed by atoms with Crippen LogP contribution < -0.4 is 4.74 Å². The Morgan fingerprint density at radius 2 is 1.89 bits per heavy atom. The molecule has 36 heavy (non-hydrogen) atoms. The molecule has 0 amide bonds. The Kier molecular flexibility index (Phi) is 6.23. The molecule has 0 radical (unpaired) electrons. The molecule has 0 spiro atoms. The van der Waals surface area contributed by atoms with Gasteiger partial charge < -0.3 is 19.0 Å². The number of phenolic OH excluding ortho intramolecular Hbond substituents is 1. The number of imidazole rings is 1. The average molecular weight is 482 g/mol. The predicted octanol–water partition coefficient (Wildman–Crippen LogP) is 5.90. The normalized spacial score (nSPS) is 11.3. The van der Waals surface area contributed by atoms with Gasteiger partial charge >= 0.3 is 5.97 Å². The van der Waals surface area contributed by atoms with E-state index in [2.05, 4.69) is 0 Å². The minimum absolute atomic E-state index is 0.0495. The summed E-state index contributed by atoms with van der Waals surface area (Å²) in [6.45, 7) is 2.10. The number of aromatic hydroxyl groups is 1. The number of hydrogen-bond donors (Lipinski definition) is 1. The maximum absolute atomic E-state index is 11.9. The monoisotopic (exact) mass is 481 g/mol. The summed E-state index contributed by atoms with van der Waals surface area (Å²) in [5.41, 5.74) is 3.43. The molecule has 0 fully saturated rings. The number of benzene rings is 2. The van der Waals surface area contributed by atoms with E-state index < -0.39 is 0 Å². The highest BCUT2D eigenvalue weighted by Crippen LogP contribution is 2.36. The minimum Gasteiger partial charge on any atom is -0.504 e. The van der Waals surface area contributed by atoms with Crippen LogP contribution in [0.4, 0.5) is 5.82 Å². The van der Waals surface area contributed by atoms with Gasteiger partial charge in [0.2, 0.25) is 0 Å². The zero-order chi connectivity index (χ0) is 25.1. The lowest BCUT2D eigenvalue weighted by Crippen LogP contribution is -2.03. The van der Waals surface area contributed by atoms with Gasteiger partial charge in [-0.3, -0.25) is 4.40 Å². The number of nitrogens with zero attached hydrogens (tertiary/aromatic N) is 3. The van der Waals surface area contributed by atoms with Crippen LogP contribution in [-0.4, -0.2) is 40.4 Å². The van der Waals surface area contributed by atoms with Crippen molar-refractivity contribution in [2.75, 3.05) is 13.7 Å². The molecule has 0 saturated carbocycles. The van der Waals surface area contributed by atoms with Crippen molar-refractivity contribution in [3.63, 3.8) is 0 Å². The van der Waals surface area contributed by atoms with Gasteiger partial charge in [0.15, 0.2) is 17.3 Å². The summed E-state index contributed by atoms with van der Waals surface area (Å²) >= 11 is 0. The van der Waals surface area contributed by atoms with E-state index in [-0.39, 0.29) is 11.7 Å². The number of hydrogen-bond acceptors (Lipinski definition) is 7. The number of esters is 1. The van der Waals surface area contributed by atoms with E-state index >= 15 is 0 Å². The third kappa shape index (κ3) is 4.44. The van der Waals surface area contributed by atoms with Crippen LogP contribution in [-0.2, 0) is 4.74 Å². The average Bonchev–Trinajstić information content (AvgIpc) is 3.53. The first-order chi connectivity index (χ1) is 17.6. The van der Waals surface area contributed by atoms with Crippen molar-refractivity contribution >= 4 is 23.6 Å². The molecule has 8 heteroatoms. The number of furan rings is 1. The molecule has 3 heterocycles. The van der Waals surface area contributed by atoms with Crippen LogP contribution >= 0.6 is 0 Å². The Hall–Kier alpha value is -4.85. The van der Waals surface area contributed by atoms with Crippen molar-refractivity contribution in [2.45, 2.75) is 6.92 Å². The van der Waals surface area contributed by atoms with Crippen molar-refractivity contribution in [3.05, 3.63) is 90.3 Å². The van der Waals surface area contributed by atoms with Gasteiger partial charge in [0.25, 0.3) is 0 Å². The first-order valence-corrected chi connectivity index (χ1v) is 11.3. The van der Waals surface area contributed by atoms with Gasteiger partial charge in [-0.25, -0.2) is 14.8 Å². The fraction of sp³-hybridized carbons (Fsp3) is 0.107. The molecule has 0 aliphatic heterocycles. The number of rotatable bonds is 7. The lowest BCUT2D eigenvalue weighted by molar-refractivity contribution is 0.0526. The number of fused-ring (bicyclic) bond motifs is 1. The Bertz CT molecular complexity index is 1560. The summed E-state index contributed by atoms with van der Waals surface area (Å²) in [5.74, 6) is 1.85. The van der Waals surface area contributed by atoms with Crippen LogP contribution in [0.25, 0.3) is 28.2 Å². The number of carbonyl (C=O) groups is 1. The Morgan fingerprint density at radius 3 is 2.67 bits per heavy atom. The van der Waals surface area contributed by atoms with Gasteiger partial charge in [-0.15, -0.1) is 0 Å². The molecule has 5 aromatic rings. The number of ether oxygens (including phenoxy) is 2. The molecule has 0 unspecified atom stereocenters. The van der Waals surface area contributed by atoms with E-state index in [4.69, 9.17) is 23.9 Å². The van der Waals surface area contributed by atoms with Crippen LogP contribution in [0.15, 0.2) is 88.4 Å². The molecular weight excluding hydrogens is 458 g/mol. The van der Waals surface area contributed by atoms with Crippen molar-refractivity contribution in [2.24, 2.45) is 4.99 Å². The van der Waals surface area contributed by atoms with Gasteiger partial charge in [0.1, 0.15) is 22.9 Å². The van der Waals surface area contributed by atoms with Crippen LogP contribution in [0, 0.1) is 0 Å². The Morgan fingerprint density at radius 1 is 1.08 bits per heavy atom. The van der Waals surface area contributed by atoms with Crippen molar-refractivity contribution in [1.29, 1.82) is 0 Å². The molecule has 0 saturated heterocycles. The van der Waals surface area contributed by atoms with E-state index in [9.17, 15) is 9.90 Å². The summed E-state index contributed by atoms with van der Waals surface area (Å²) < 4.78 is 18.1. The lowest BCUT2D eigenvalue weighted by Gasteiger charge is -2.05. The lowest BCUT2D eigenvalue weighted by atomic mass is 10.1. The summed E-state index contributed by atoms with van der Waals surface area (Å²) in [6, 6.07) is 21.5. The van der Waals surface area contributed by atoms with Crippen molar-refractivity contribution < 1.29 is 23.8 Å². The fourth-order valence-electron chi connectivity index (χ4n) is 3.81. The highest BCUT2D eigenvalue weighted by atomic mass is 16.5. The number of aliphatic imine (C=N–C) groups is 1. The van der Waals surface area contributed by atoms with Crippen LogP contribution in [0.2, 0.25) is 0 Å². The van der Waals surface area contributed by atoms with Gasteiger partial charge in [0, 0.05) is 17.3 Å². The largest absolute Gasteiger partial charge is 0.504 e. The fourth-order valence-corrected chi connectivity index (χ4v) is 3.81. The summed E-state index contributed by atoms with van der Waals surface area (Å²) in [7, 11) is 1.50. The molecule has 0 aliphatic rings. The summed E-state index contributed by atoms with van der Waals surface area (Å²) in [4.78, 5) is 21.3. The molecule has 5 rings (SSSR count). The zero-order valence-corrected chi connectivity index (χ0v) is 19.7. The highest BCUT2D eigenvalue weighted by molar-refractivity contribution is 5.90. The third-order valence-corrected chi connectivity index (χ3v) is 5.58. The van der Waals surface area contributed by atoms with Crippen molar-refractivity contribution in [1.82, 2.24) is 9.38 Å². The second-order valence-electron chi connectivity index (χ2n) is 7.86. The SMILES string of the molecule is CCOC(=O)c1ccc(-c2ccc(C=Nc3c(-c4ccc(O)c(OC)c4)nc4ccccn34)o2)cc1. The summed E-state index contributed by atoms with van der Waals surface area (Å²) in [6.07, 6.45) is 3.52. The van der Waals surface area contributed by atoms with Crippen LogP contribution in [0.1, 0.15) is 23.0 Å². The molecule has 0 atom stereocenters. The smallest absolute Gasteiger partial charge is 0.338 e. The molecular formula is C28H23N3O5. The molecule has 0 aliphatic carbocycles. The molecule has 8 nitrogen and oxygen atoms in total. The van der Waals surface area contributed by atoms with E-state index in [1.807, 2.05) is 53.1 Å². The minimum atomic E-state index is -0.355. The molecule has 0 bridgehead atoms. The topological polar surface area (TPSA) is 98.6 Å². The maximum Gasteiger partial charge on any atom is 0.338 e. The van der Waals surface area contributed by atoms with E-state index in [0.717, 1.165) is 16.8 Å². The second-order valence-corrected chi connectivity index (χ2v) is 7.86. The second kappa shape index (κ2) is 9.79. The molecule has 3 aromatic heterocycles. The third-order valence-electron chi connectivity index (χ3n) is 5.58. The first-order valence-electron chi connectivity index (χ1n) is 11.3. The first kappa shape index (κ1) is 22.9. The van der Waals surface area contributed by atoms with Crippen molar-refractivity contribution in [3.8, 4) is 34.1 Å². The molecule has 180 valence electrons. The maximum atomic E-state index is 11.9. The standard InChI is InChI=1S/C28H23N3O5/c1-3-35-28(33)19-9-7-18(8-10-19)23-14-12-21(36-23)17-29-27-26(30-25-6-4-5-15-31(25)27)20-11-13-22(32)24(16-20)34-2/h4-17,32H,3H2,1-2H3. The van der Waals surface area contributed by atoms with E-state index in [1.165, 1.54) is 7.11 Å². The number of carbonyl (C=O) groups excluding carboxylic acids is 1. The van der Waals surface area contributed by atoms with Crippen LogP contribution in [0.3, 0.4) is 0 Å². The Balaban J connectivity index is 1.46.